The summed E-state index contributed by atoms with van der Waals surface area (Å²) in [5.41, 5.74) is 0.796. The molecule has 3 N–H and O–H groups in total. The number of aliphatic hydroxyl groups is 1. The van der Waals surface area contributed by atoms with Gasteiger partial charge in [-0.2, -0.15) is 0 Å². The molecule has 0 spiro atoms. The van der Waals surface area contributed by atoms with E-state index >= 15 is 0 Å². The summed E-state index contributed by atoms with van der Waals surface area (Å²) in [4.78, 5) is 33.0. The summed E-state index contributed by atoms with van der Waals surface area (Å²) in [6.45, 7) is 14.8. The number of aliphatic hydroxyl groups excluding tert-OH is 1. The van der Waals surface area contributed by atoms with Crippen molar-refractivity contribution in [1.82, 2.24) is 20.4 Å². The number of rotatable bonds is 15. The number of unbranched alkanes of at least 4 members (excludes halogenated alkanes) is 1. The Hall–Kier alpha value is -2.78. The minimum Gasteiger partial charge on any atom is -0.391 e. The van der Waals surface area contributed by atoms with E-state index in [0.29, 0.717) is 39.0 Å². The van der Waals surface area contributed by atoms with Crippen LogP contribution in [-0.4, -0.2) is 76.4 Å². The van der Waals surface area contributed by atoms with Crippen molar-refractivity contribution in [2.75, 3.05) is 26.4 Å². The zero-order valence-electron chi connectivity index (χ0n) is 27.1. The molecule has 0 aliphatic carbocycles. The van der Waals surface area contributed by atoms with Crippen molar-refractivity contribution < 1.29 is 19.4 Å². The standard InChI is InChI=1S/C35H54N4O4/c1-7-8-21-39(32(41)30(31(40)27(2)3)37-26-43-34(4,5)6)35(33(42)36-24-28-15-11-9-12-16-28)19-22-38(23-20-35)25-29-17-13-10-14-18-29/h9-18,27,30-31,37,40H,7-8,19-26H2,1-6H3,(H,36,42)/t30-,31-/m1/s1. The second-order valence-corrected chi connectivity index (χ2v) is 13.1. The van der Waals surface area contributed by atoms with Gasteiger partial charge >= 0.3 is 0 Å². The summed E-state index contributed by atoms with van der Waals surface area (Å²) >= 11 is 0. The van der Waals surface area contributed by atoms with E-state index in [2.05, 4.69) is 34.6 Å². The molecule has 0 aromatic heterocycles. The van der Waals surface area contributed by atoms with Gasteiger partial charge in [0.15, 0.2) is 0 Å². The number of carbonyl (C=O) groups excluding carboxylic acids is 2. The molecule has 1 heterocycles. The zero-order valence-corrected chi connectivity index (χ0v) is 27.1. The first-order chi connectivity index (χ1) is 20.5. The van der Waals surface area contributed by atoms with Crippen LogP contribution in [0.2, 0.25) is 0 Å². The van der Waals surface area contributed by atoms with Crippen LogP contribution in [0.15, 0.2) is 60.7 Å². The molecule has 1 fully saturated rings. The number of carbonyl (C=O) groups is 2. The van der Waals surface area contributed by atoms with Crippen LogP contribution in [0.25, 0.3) is 0 Å². The lowest BCUT2D eigenvalue weighted by Gasteiger charge is -2.49. The lowest BCUT2D eigenvalue weighted by molar-refractivity contribution is -0.156. The van der Waals surface area contributed by atoms with Crippen molar-refractivity contribution in [3.05, 3.63) is 71.8 Å². The molecule has 1 aliphatic rings. The molecule has 2 aromatic rings. The molecule has 238 valence electrons. The number of hydrogen-bond donors (Lipinski definition) is 3. The first kappa shape index (κ1) is 34.7. The number of nitrogens with zero attached hydrogens (tertiary/aromatic N) is 2. The van der Waals surface area contributed by atoms with Crippen molar-refractivity contribution in [3.8, 4) is 0 Å². The number of likely N-dealkylation sites (tertiary alicyclic amines) is 1. The lowest BCUT2D eigenvalue weighted by Crippen LogP contribution is -2.68. The smallest absolute Gasteiger partial charge is 0.246 e. The Balaban J connectivity index is 1.93. The Morgan fingerprint density at radius 1 is 1.00 bits per heavy atom. The third kappa shape index (κ3) is 10.1. The highest BCUT2D eigenvalue weighted by molar-refractivity contribution is 5.93. The number of amides is 2. The molecule has 8 nitrogen and oxygen atoms in total. The van der Waals surface area contributed by atoms with E-state index in [1.54, 1.807) is 4.90 Å². The van der Waals surface area contributed by atoms with E-state index < -0.39 is 23.3 Å². The Bertz CT molecular complexity index is 1110. The van der Waals surface area contributed by atoms with Crippen molar-refractivity contribution in [3.63, 3.8) is 0 Å². The zero-order chi connectivity index (χ0) is 31.5. The van der Waals surface area contributed by atoms with Crippen LogP contribution in [0.5, 0.6) is 0 Å². The monoisotopic (exact) mass is 594 g/mol. The number of hydrogen-bond acceptors (Lipinski definition) is 6. The maximum absolute atomic E-state index is 14.6. The van der Waals surface area contributed by atoms with Crippen molar-refractivity contribution >= 4 is 11.8 Å². The summed E-state index contributed by atoms with van der Waals surface area (Å²) in [5, 5.41) is 17.6. The van der Waals surface area contributed by atoms with Crippen LogP contribution in [0, 0.1) is 5.92 Å². The largest absolute Gasteiger partial charge is 0.391 e. The third-order valence-electron chi connectivity index (χ3n) is 8.27. The van der Waals surface area contributed by atoms with Crippen molar-refractivity contribution in [2.24, 2.45) is 5.92 Å². The van der Waals surface area contributed by atoms with Crippen LogP contribution in [0.1, 0.15) is 78.4 Å². The Labute approximate surface area is 259 Å². The Morgan fingerprint density at radius 2 is 1.58 bits per heavy atom. The van der Waals surface area contributed by atoms with E-state index in [0.717, 1.165) is 24.9 Å². The van der Waals surface area contributed by atoms with Gasteiger partial charge in [-0.3, -0.25) is 19.8 Å². The summed E-state index contributed by atoms with van der Waals surface area (Å²) in [5.74, 6) is -0.554. The van der Waals surface area contributed by atoms with Gasteiger partial charge in [0.2, 0.25) is 11.8 Å². The molecule has 8 heteroatoms. The first-order valence-electron chi connectivity index (χ1n) is 15.9. The Morgan fingerprint density at radius 3 is 2.12 bits per heavy atom. The molecule has 2 amide bonds. The maximum atomic E-state index is 14.6. The van der Waals surface area contributed by atoms with Crippen molar-refractivity contribution in [1.29, 1.82) is 0 Å². The van der Waals surface area contributed by atoms with Gasteiger partial charge < -0.3 is 20.1 Å². The van der Waals surface area contributed by atoms with Crippen LogP contribution in [0.3, 0.4) is 0 Å². The van der Waals surface area contributed by atoms with Gasteiger partial charge in [-0.05, 0) is 57.1 Å². The minimum absolute atomic E-state index is 0.114. The van der Waals surface area contributed by atoms with E-state index in [1.165, 1.54) is 5.56 Å². The van der Waals surface area contributed by atoms with Gasteiger partial charge in [-0.15, -0.1) is 0 Å². The summed E-state index contributed by atoms with van der Waals surface area (Å²) in [6, 6.07) is 19.3. The van der Waals surface area contributed by atoms with Gasteiger partial charge in [0.1, 0.15) is 11.6 Å². The SMILES string of the molecule is CCCCN(C(=O)[C@H](NCOC(C)(C)C)[C@H](O)C(C)C)C1(C(=O)NCc2ccccc2)CCN(Cc2ccccc2)CC1. The van der Waals surface area contributed by atoms with Crippen LogP contribution in [-0.2, 0) is 27.4 Å². The predicted octanol–water partition coefficient (Wildman–Crippen LogP) is 4.71. The van der Waals surface area contributed by atoms with E-state index in [1.807, 2.05) is 83.1 Å². The van der Waals surface area contributed by atoms with Gasteiger partial charge in [-0.25, -0.2) is 0 Å². The topological polar surface area (TPSA) is 94.1 Å². The molecule has 2 atom stereocenters. The highest BCUT2D eigenvalue weighted by atomic mass is 16.5. The fourth-order valence-corrected chi connectivity index (χ4v) is 5.59. The second-order valence-electron chi connectivity index (χ2n) is 13.1. The third-order valence-corrected chi connectivity index (χ3v) is 8.27. The fourth-order valence-electron chi connectivity index (χ4n) is 5.59. The molecule has 0 bridgehead atoms. The van der Waals surface area contributed by atoms with Crippen LogP contribution >= 0.6 is 0 Å². The first-order valence-corrected chi connectivity index (χ1v) is 15.9. The quantitative estimate of drug-likeness (QED) is 0.259. The molecular formula is C35H54N4O4. The molecule has 0 saturated carbocycles. The normalized spacial score (nSPS) is 16.9. The minimum atomic E-state index is -1.03. The average Bonchev–Trinajstić information content (AvgIpc) is 2.99. The molecule has 0 unspecified atom stereocenters. The number of piperidine rings is 1. The van der Waals surface area contributed by atoms with Crippen LogP contribution < -0.4 is 10.6 Å². The molecule has 3 rings (SSSR count). The second kappa shape index (κ2) is 16.3. The van der Waals surface area contributed by atoms with Crippen LogP contribution in [0.4, 0.5) is 0 Å². The summed E-state index contributed by atoms with van der Waals surface area (Å²) in [7, 11) is 0. The predicted molar refractivity (Wildman–Crippen MR) is 172 cm³/mol. The van der Waals surface area contributed by atoms with Gasteiger partial charge in [0.05, 0.1) is 18.4 Å². The molecule has 1 saturated heterocycles. The maximum Gasteiger partial charge on any atom is 0.246 e. The number of benzene rings is 2. The van der Waals surface area contributed by atoms with E-state index in [-0.39, 0.29) is 24.5 Å². The highest BCUT2D eigenvalue weighted by Gasteiger charge is 2.50. The lowest BCUT2D eigenvalue weighted by atomic mass is 9.82. The molecule has 1 aliphatic heterocycles. The summed E-state index contributed by atoms with van der Waals surface area (Å²) < 4.78 is 5.90. The fraction of sp³-hybridized carbons (Fsp3) is 0.600. The molecule has 2 aromatic carbocycles. The molecule has 43 heavy (non-hydrogen) atoms. The average molecular weight is 595 g/mol. The molecular weight excluding hydrogens is 540 g/mol. The van der Waals surface area contributed by atoms with Gasteiger partial charge in [0, 0.05) is 32.7 Å². The number of nitrogens with one attached hydrogen (secondary N) is 2. The summed E-state index contributed by atoms with van der Waals surface area (Å²) in [6.07, 6.45) is 1.72. The number of ether oxygens (including phenoxy) is 1. The Kier molecular flexibility index (Phi) is 13.2. The van der Waals surface area contributed by atoms with Gasteiger partial charge in [0.25, 0.3) is 0 Å². The van der Waals surface area contributed by atoms with E-state index in [4.69, 9.17) is 4.74 Å². The van der Waals surface area contributed by atoms with Gasteiger partial charge in [-0.1, -0.05) is 87.9 Å². The van der Waals surface area contributed by atoms with Crippen molar-refractivity contribution in [2.45, 2.75) is 104 Å². The van der Waals surface area contributed by atoms with E-state index in [9.17, 15) is 14.7 Å². The molecule has 0 radical (unpaired) electrons. The highest BCUT2D eigenvalue weighted by Crippen LogP contribution is 2.32.